The lowest BCUT2D eigenvalue weighted by molar-refractivity contribution is 0.570. The lowest BCUT2D eigenvalue weighted by Gasteiger charge is -2.30. The number of benzene rings is 1. The molecule has 0 spiro atoms. The number of hydrogen-bond acceptors (Lipinski definition) is 4. The summed E-state index contributed by atoms with van der Waals surface area (Å²) in [6.07, 6.45) is 3.30. The Morgan fingerprint density at radius 1 is 1.18 bits per heavy atom. The molecule has 0 unspecified atom stereocenters. The fourth-order valence-corrected chi connectivity index (χ4v) is 2.19. The van der Waals surface area contributed by atoms with Gasteiger partial charge >= 0.3 is 0 Å². The maximum Gasteiger partial charge on any atom is 0.227 e. The third-order valence-electron chi connectivity index (χ3n) is 3.02. The van der Waals surface area contributed by atoms with Gasteiger partial charge in [0.15, 0.2) is 0 Å². The van der Waals surface area contributed by atoms with Crippen LogP contribution in [0.5, 0.6) is 0 Å². The Hall–Kier alpha value is -1.81. The second-order valence-corrected chi connectivity index (χ2v) is 4.09. The van der Waals surface area contributed by atoms with Crippen LogP contribution in [0.3, 0.4) is 0 Å². The van der Waals surface area contributed by atoms with Gasteiger partial charge in [-0.25, -0.2) is 4.98 Å². The van der Waals surface area contributed by atoms with E-state index < -0.39 is 0 Å². The highest BCUT2D eigenvalue weighted by Crippen LogP contribution is 2.29. The van der Waals surface area contributed by atoms with Gasteiger partial charge in [0, 0.05) is 31.9 Å². The zero-order valence-corrected chi connectivity index (χ0v) is 9.60. The summed E-state index contributed by atoms with van der Waals surface area (Å²) >= 11 is 0. The third-order valence-corrected chi connectivity index (χ3v) is 3.02. The number of aromatic nitrogens is 1. The Morgan fingerprint density at radius 2 is 2.00 bits per heavy atom. The van der Waals surface area contributed by atoms with Crippen LogP contribution in [0, 0.1) is 0 Å². The summed E-state index contributed by atoms with van der Waals surface area (Å²) in [5.74, 6) is 0.694. The number of nitrogens with zero attached hydrogens (tertiary/aromatic N) is 2. The maximum absolute atomic E-state index is 5.40. The van der Waals surface area contributed by atoms with Gasteiger partial charge in [-0.05, 0) is 12.1 Å². The van der Waals surface area contributed by atoms with E-state index in [4.69, 9.17) is 4.42 Å². The third kappa shape index (κ3) is 2.03. The van der Waals surface area contributed by atoms with E-state index in [0.717, 1.165) is 31.7 Å². The minimum atomic E-state index is 0.694. The fraction of sp³-hybridized carbons (Fsp3) is 0.308. The summed E-state index contributed by atoms with van der Waals surface area (Å²) in [5.41, 5.74) is 2.27. The Balaban J connectivity index is 1.98. The van der Waals surface area contributed by atoms with Crippen LogP contribution < -0.4 is 10.2 Å². The molecule has 0 saturated carbocycles. The summed E-state index contributed by atoms with van der Waals surface area (Å²) in [4.78, 5) is 6.60. The average Bonchev–Trinajstić information content (AvgIpc) is 2.94. The van der Waals surface area contributed by atoms with E-state index in [0.29, 0.717) is 5.89 Å². The van der Waals surface area contributed by atoms with Crippen molar-refractivity contribution in [1.29, 1.82) is 0 Å². The first-order chi connectivity index (χ1) is 8.45. The number of piperazine rings is 1. The second-order valence-electron chi connectivity index (χ2n) is 4.09. The molecule has 1 saturated heterocycles. The van der Waals surface area contributed by atoms with Gasteiger partial charge in [-0.1, -0.05) is 12.1 Å². The molecule has 0 aliphatic carbocycles. The summed E-state index contributed by atoms with van der Waals surface area (Å²) in [7, 11) is 0. The number of hydrogen-bond donors (Lipinski definition) is 1. The molecule has 2 heterocycles. The summed E-state index contributed by atoms with van der Waals surface area (Å²) < 4.78 is 5.40. The van der Waals surface area contributed by atoms with Crippen LogP contribution in [0.2, 0.25) is 0 Å². The van der Waals surface area contributed by atoms with Gasteiger partial charge in [0.05, 0.1) is 11.8 Å². The minimum Gasteiger partial charge on any atom is -0.444 e. The monoisotopic (exact) mass is 229 g/mol. The van der Waals surface area contributed by atoms with Gasteiger partial charge in [0.1, 0.15) is 6.26 Å². The molecule has 1 fully saturated rings. The topological polar surface area (TPSA) is 41.3 Å². The number of rotatable bonds is 2. The van der Waals surface area contributed by atoms with Gasteiger partial charge in [0.2, 0.25) is 5.89 Å². The zero-order chi connectivity index (χ0) is 11.5. The van der Waals surface area contributed by atoms with Crippen molar-refractivity contribution in [1.82, 2.24) is 10.3 Å². The summed E-state index contributed by atoms with van der Waals surface area (Å²) in [6.45, 7) is 4.11. The maximum atomic E-state index is 5.40. The van der Waals surface area contributed by atoms with E-state index in [-0.39, 0.29) is 0 Å². The van der Waals surface area contributed by atoms with E-state index in [1.54, 1.807) is 12.5 Å². The van der Waals surface area contributed by atoms with Gasteiger partial charge in [-0.2, -0.15) is 0 Å². The van der Waals surface area contributed by atoms with E-state index in [9.17, 15) is 0 Å². The molecule has 88 valence electrons. The standard InChI is InChI=1S/C13H15N3O/c1-2-4-12(16-8-5-14-6-9-16)11(3-1)13-15-7-10-17-13/h1-4,7,10,14H,5-6,8-9H2. The largest absolute Gasteiger partial charge is 0.444 e. The molecule has 1 aromatic heterocycles. The molecule has 1 N–H and O–H groups in total. The van der Waals surface area contributed by atoms with Crippen molar-refractivity contribution in [3.8, 4) is 11.5 Å². The predicted octanol–water partition coefficient (Wildman–Crippen LogP) is 1.75. The highest BCUT2D eigenvalue weighted by Gasteiger charge is 2.16. The molecule has 2 aromatic rings. The summed E-state index contributed by atoms with van der Waals surface area (Å²) in [6, 6.07) is 8.27. The lowest BCUT2D eigenvalue weighted by atomic mass is 10.1. The van der Waals surface area contributed by atoms with Crippen LogP contribution in [0.25, 0.3) is 11.5 Å². The molecule has 1 aromatic carbocycles. The normalized spacial score (nSPS) is 16.1. The first-order valence-electron chi connectivity index (χ1n) is 5.90. The van der Waals surface area contributed by atoms with E-state index >= 15 is 0 Å². The molecule has 4 nitrogen and oxygen atoms in total. The van der Waals surface area contributed by atoms with Crippen LogP contribution in [-0.2, 0) is 0 Å². The molecule has 0 bridgehead atoms. The quantitative estimate of drug-likeness (QED) is 0.851. The van der Waals surface area contributed by atoms with Crippen molar-refractivity contribution in [3.05, 3.63) is 36.7 Å². The Bertz CT molecular complexity index is 475. The molecule has 1 aliphatic rings. The lowest BCUT2D eigenvalue weighted by Crippen LogP contribution is -2.43. The van der Waals surface area contributed by atoms with Gasteiger partial charge in [-0.3, -0.25) is 0 Å². The van der Waals surface area contributed by atoms with Crippen molar-refractivity contribution in [2.75, 3.05) is 31.1 Å². The van der Waals surface area contributed by atoms with Crippen molar-refractivity contribution >= 4 is 5.69 Å². The van der Waals surface area contributed by atoms with Crippen LogP contribution in [0.4, 0.5) is 5.69 Å². The molecule has 4 heteroatoms. The zero-order valence-electron chi connectivity index (χ0n) is 9.60. The van der Waals surface area contributed by atoms with Crippen LogP contribution in [0.15, 0.2) is 41.1 Å². The van der Waals surface area contributed by atoms with Crippen LogP contribution in [0.1, 0.15) is 0 Å². The summed E-state index contributed by atoms with van der Waals surface area (Å²) in [5, 5.41) is 3.36. The Labute approximate surface area is 100 Å². The highest BCUT2D eigenvalue weighted by molar-refractivity contribution is 5.73. The number of para-hydroxylation sites is 1. The minimum absolute atomic E-state index is 0.694. The second kappa shape index (κ2) is 4.59. The van der Waals surface area contributed by atoms with E-state index in [1.807, 2.05) is 6.07 Å². The molecule has 1 aliphatic heterocycles. The molecular weight excluding hydrogens is 214 g/mol. The first kappa shape index (κ1) is 10.4. The average molecular weight is 229 g/mol. The van der Waals surface area contributed by atoms with E-state index in [1.165, 1.54) is 5.69 Å². The molecule has 3 rings (SSSR count). The molecule has 0 amide bonds. The van der Waals surface area contributed by atoms with E-state index in [2.05, 4.69) is 33.4 Å². The van der Waals surface area contributed by atoms with Gasteiger partial charge in [-0.15, -0.1) is 0 Å². The van der Waals surface area contributed by atoms with Crippen molar-refractivity contribution < 1.29 is 4.42 Å². The Morgan fingerprint density at radius 3 is 2.76 bits per heavy atom. The molecule has 0 radical (unpaired) electrons. The molecular formula is C13H15N3O. The highest BCUT2D eigenvalue weighted by atomic mass is 16.3. The predicted molar refractivity (Wildman–Crippen MR) is 67.0 cm³/mol. The molecule has 0 atom stereocenters. The first-order valence-corrected chi connectivity index (χ1v) is 5.90. The van der Waals surface area contributed by atoms with Crippen LogP contribution >= 0.6 is 0 Å². The number of anilines is 1. The van der Waals surface area contributed by atoms with Gasteiger partial charge in [0.25, 0.3) is 0 Å². The number of nitrogens with one attached hydrogen (secondary N) is 1. The SMILES string of the molecule is c1ccc(N2CCNCC2)c(-c2ncco2)c1. The number of oxazole rings is 1. The van der Waals surface area contributed by atoms with Gasteiger partial charge < -0.3 is 14.6 Å². The Kier molecular flexibility index (Phi) is 2.80. The van der Waals surface area contributed by atoms with Crippen molar-refractivity contribution in [2.45, 2.75) is 0 Å². The fourth-order valence-electron chi connectivity index (χ4n) is 2.19. The van der Waals surface area contributed by atoms with Crippen LogP contribution in [-0.4, -0.2) is 31.2 Å². The smallest absolute Gasteiger partial charge is 0.227 e. The molecule has 17 heavy (non-hydrogen) atoms. The van der Waals surface area contributed by atoms with Crippen molar-refractivity contribution in [3.63, 3.8) is 0 Å². The van der Waals surface area contributed by atoms with Crippen molar-refractivity contribution in [2.24, 2.45) is 0 Å².